The van der Waals surface area contributed by atoms with E-state index < -0.39 is 6.10 Å². The quantitative estimate of drug-likeness (QED) is 0.781. The van der Waals surface area contributed by atoms with Crippen LogP contribution in [0.2, 0.25) is 0 Å². The van der Waals surface area contributed by atoms with Gasteiger partial charge < -0.3 is 20.1 Å². The number of aliphatic hydroxyl groups is 1. The van der Waals surface area contributed by atoms with Crippen molar-refractivity contribution in [2.24, 2.45) is 0 Å². The predicted molar refractivity (Wildman–Crippen MR) is 71.4 cm³/mol. The number of imidazole rings is 1. The second-order valence-corrected chi connectivity index (χ2v) is 4.35. The van der Waals surface area contributed by atoms with Gasteiger partial charge in [-0.3, -0.25) is 0 Å². The minimum atomic E-state index is -0.532. The molecular weight excluding hydrogens is 230 g/mol. The zero-order valence-corrected chi connectivity index (χ0v) is 10.8. The number of hydrogen-bond donors (Lipinski definition) is 2. The molecule has 0 saturated heterocycles. The summed E-state index contributed by atoms with van der Waals surface area (Å²) in [4.78, 5) is 4.54. The number of methoxy groups -OCH3 is 1. The first-order chi connectivity index (χ1) is 8.65. The normalized spacial score (nSPS) is 13.1. The van der Waals surface area contributed by atoms with Crippen LogP contribution in [0, 0.1) is 0 Å². The summed E-state index contributed by atoms with van der Waals surface area (Å²) < 4.78 is 6.98. The van der Waals surface area contributed by atoms with Crippen LogP contribution in [0.5, 0.6) is 0 Å². The molecule has 0 fully saturated rings. The second kappa shape index (κ2) is 5.37. The number of anilines is 1. The summed E-state index contributed by atoms with van der Waals surface area (Å²) in [5.74, 6) is 0.950. The predicted octanol–water partition coefficient (Wildman–Crippen LogP) is 1.19. The van der Waals surface area contributed by atoms with Crippen LogP contribution in [0.25, 0.3) is 11.0 Å². The van der Waals surface area contributed by atoms with Crippen LogP contribution < -0.4 is 5.73 Å². The zero-order chi connectivity index (χ0) is 13.1. The van der Waals surface area contributed by atoms with E-state index in [9.17, 15) is 5.11 Å². The van der Waals surface area contributed by atoms with Crippen molar-refractivity contribution in [3.8, 4) is 0 Å². The Kier molecular flexibility index (Phi) is 3.84. The molecule has 2 rings (SSSR count). The lowest BCUT2D eigenvalue weighted by Gasteiger charge is -2.13. The molecule has 1 unspecified atom stereocenters. The molecule has 98 valence electrons. The molecule has 5 nitrogen and oxygen atoms in total. The number of hydrogen-bond acceptors (Lipinski definition) is 4. The van der Waals surface area contributed by atoms with Crippen molar-refractivity contribution in [2.45, 2.75) is 26.0 Å². The number of ether oxygens (including phenoxy) is 1. The Labute approximate surface area is 106 Å². The molecule has 0 spiro atoms. The molecule has 5 heteroatoms. The first-order valence-corrected chi connectivity index (χ1v) is 6.07. The van der Waals surface area contributed by atoms with Gasteiger partial charge in [-0.15, -0.1) is 0 Å². The topological polar surface area (TPSA) is 73.3 Å². The number of aromatic nitrogens is 2. The standard InChI is InChI=1S/C13H19N3O2/c1-3-13-15-11-6-9(14)4-5-12(11)16(13)7-10(17)8-18-2/h4-6,10,17H,3,7-8,14H2,1-2H3. The van der Waals surface area contributed by atoms with E-state index in [1.54, 1.807) is 7.11 Å². The van der Waals surface area contributed by atoms with Gasteiger partial charge >= 0.3 is 0 Å². The van der Waals surface area contributed by atoms with Crippen molar-refractivity contribution in [1.29, 1.82) is 0 Å². The fraction of sp³-hybridized carbons (Fsp3) is 0.462. The summed E-state index contributed by atoms with van der Waals surface area (Å²) in [6, 6.07) is 5.65. The third-order valence-corrected chi connectivity index (χ3v) is 2.92. The van der Waals surface area contributed by atoms with E-state index in [4.69, 9.17) is 10.5 Å². The van der Waals surface area contributed by atoms with Gasteiger partial charge in [0, 0.05) is 19.2 Å². The molecular formula is C13H19N3O2. The molecule has 0 radical (unpaired) electrons. The molecule has 0 amide bonds. The Morgan fingerprint density at radius 2 is 2.28 bits per heavy atom. The highest BCUT2D eigenvalue weighted by molar-refractivity contribution is 5.79. The zero-order valence-electron chi connectivity index (χ0n) is 10.8. The minimum Gasteiger partial charge on any atom is -0.399 e. The molecule has 0 aliphatic rings. The van der Waals surface area contributed by atoms with Crippen molar-refractivity contribution in [3.63, 3.8) is 0 Å². The van der Waals surface area contributed by atoms with E-state index in [1.165, 1.54) is 0 Å². The van der Waals surface area contributed by atoms with E-state index in [2.05, 4.69) is 4.98 Å². The third-order valence-electron chi connectivity index (χ3n) is 2.92. The summed E-state index contributed by atoms with van der Waals surface area (Å²) in [6.45, 7) is 2.85. The van der Waals surface area contributed by atoms with Gasteiger partial charge in [0.15, 0.2) is 0 Å². The van der Waals surface area contributed by atoms with Gasteiger partial charge in [0.2, 0.25) is 0 Å². The van der Waals surface area contributed by atoms with Gasteiger partial charge in [0.1, 0.15) is 5.82 Å². The van der Waals surface area contributed by atoms with Crippen LogP contribution in [-0.4, -0.2) is 34.5 Å². The monoisotopic (exact) mass is 249 g/mol. The second-order valence-electron chi connectivity index (χ2n) is 4.35. The Balaban J connectivity index is 2.40. The van der Waals surface area contributed by atoms with Crippen LogP contribution in [-0.2, 0) is 17.7 Å². The lowest BCUT2D eigenvalue weighted by atomic mass is 10.2. The molecule has 3 N–H and O–H groups in total. The number of nitrogens with two attached hydrogens (primary N) is 1. The van der Waals surface area contributed by atoms with Crippen LogP contribution in [0.1, 0.15) is 12.7 Å². The van der Waals surface area contributed by atoms with Gasteiger partial charge in [-0.25, -0.2) is 4.98 Å². The molecule has 1 aromatic carbocycles. The van der Waals surface area contributed by atoms with Crippen molar-refractivity contribution in [2.75, 3.05) is 19.5 Å². The molecule has 0 bridgehead atoms. The molecule has 0 aliphatic heterocycles. The number of nitrogens with zero attached hydrogens (tertiary/aromatic N) is 2. The van der Waals surface area contributed by atoms with Crippen molar-refractivity contribution >= 4 is 16.7 Å². The number of benzene rings is 1. The van der Waals surface area contributed by atoms with Crippen LogP contribution in [0.15, 0.2) is 18.2 Å². The van der Waals surface area contributed by atoms with E-state index in [-0.39, 0.29) is 0 Å². The van der Waals surface area contributed by atoms with Gasteiger partial charge in [0.25, 0.3) is 0 Å². The number of nitrogen functional groups attached to an aromatic ring is 1. The Bertz CT molecular complexity index is 536. The lowest BCUT2D eigenvalue weighted by molar-refractivity contribution is 0.0539. The summed E-state index contributed by atoms with van der Waals surface area (Å²) in [6.07, 6.45) is 0.282. The number of aliphatic hydroxyl groups excluding tert-OH is 1. The SMILES string of the molecule is CCc1nc2cc(N)ccc2n1CC(O)COC. The smallest absolute Gasteiger partial charge is 0.109 e. The minimum absolute atomic E-state index is 0.317. The fourth-order valence-corrected chi connectivity index (χ4v) is 2.13. The van der Waals surface area contributed by atoms with E-state index in [0.717, 1.165) is 23.3 Å². The summed E-state index contributed by atoms with van der Waals surface area (Å²) in [5.41, 5.74) is 8.32. The first kappa shape index (κ1) is 12.9. The van der Waals surface area contributed by atoms with Crippen LogP contribution in [0.3, 0.4) is 0 Å². The molecule has 1 atom stereocenters. The fourth-order valence-electron chi connectivity index (χ4n) is 2.13. The maximum absolute atomic E-state index is 9.86. The highest BCUT2D eigenvalue weighted by atomic mass is 16.5. The highest BCUT2D eigenvalue weighted by Crippen LogP contribution is 2.20. The molecule has 2 aromatic rings. The Morgan fingerprint density at radius 1 is 1.50 bits per heavy atom. The van der Waals surface area contributed by atoms with Gasteiger partial charge in [-0.05, 0) is 18.2 Å². The Hall–Kier alpha value is -1.59. The number of aryl methyl sites for hydroxylation is 1. The maximum Gasteiger partial charge on any atom is 0.109 e. The van der Waals surface area contributed by atoms with Crippen molar-refractivity contribution < 1.29 is 9.84 Å². The van der Waals surface area contributed by atoms with E-state index in [1.807, 2.05) is 29.7 Å². The van der Waals surface area contributed by atoms with Gasteiger partial charge in [0.05, 0.1) is 30.3 Å². The van der Waals surface area contributed by atoms with Gasteiger partial charge in [-0.1, -0.05) is 6.92 Å². The molecule has 0 aliphatic carbocycles. The third kappa shape index (κ3) is 2.47. The van der Waals surface area contributed by atoms with Crippen LogP contribution >= 0.6 is 0 Å². The number of rotatable bonds is 5. The molecule has 1 heterocycles. The van der Waals surface area contributed by atoms with E-state index >= 15 is 0 Å². The average Bonchev–Trinajstić information content (AvgIpc) is 2.66. The Morgan fingerprint density at radius 3 is 2.94 bits per heavy atom. The van der Waals surface area contributed by atoms with Crippen LogP contribution in [0.4, 0.5) is 5.69 Å². The summed E-state index contributed by atoms with van der Waals surface area (Å²) >= 11 is 0. The van der Waals surface area contributed by atoms with Crippen molar-refractivity contribution in [3.05, 3.63) is 24.0 Å². The molecule has 18 heavy (non-hydrogen) atoms. The molecule has 0 saturated carbocycles. The van der Waals surface area contributed by atoms with Crippen molar-refractivity contribution in [1.82, 2.24) is 9.55 Å². The summed E-state index contributed by atoms with van der Waals surface area (Å²) in [7, 11) is 1.58. The lowest BCUT2D eigenvalue weighted by Crippen LogP contribution is -2.22. The first-order valence-electron chi connectivity index (χ1n) is 6.07. The van der Waals surface area contributed by atoms with Gasteiger partial charge in [-0.2, -0.15) is 0 Å². The number of fused-ring (bicyclic) bond motifs is 1. The maximum atomic E-state index is 9.86. The summed E-state index contributed by atoms with van der Waals surface area (Å²) in [5, 5.41) is 9.86. The largest absolute Gasteiger partial charge is 0.399 e. The highest BCUT2D eigenvalue weighted by Gasteiger charge is 2.13. The van der Waals surface area contributed by atoms with E-state index in [0.29, 0.717) is 18.8 Å². The molecule has 1 aromatic heterocycles. The average molecular weight is 249 g/mol.